The fourth-order valence-corrected chi connectivity index (χ4v) is 4.35. The molecule has 0 saturated heterocycles. The highest BCUT2D eigenvalue weighted by atomic mass is 32.1. The fraction of sp³-hybridized carbons (Fsp3) is 0.304. The number of benzene rings is 2. The van der Waals surface area contributed by atoms with Gasteiger partial charge in [-0.15, -0.1) is 0 Å². The van der Waals surface area contributed by atoms with E-state index in [0.29, 0.717) is 21.8 Å². The molecule has 2 aromatic heterocycles. The third-order valence-corrected chi connectivity index (χ3v) is 5.85. The van der Waals surface area contributed by atoms with E-state index in [1.54, 1.807) is 11.5 Å². The predicted molar refractivity (Wildman–Crippen MR) is 118 cm³/mol. The van der Waals surface area contributed by atoms with Crippen LogP contribution >= 0.6 is 11.3 Å². The Morgan fingerprint density at radius 1 is 1.10 bits per heavy atom. The van der Waals surface area contributed by atoms with Gasteiger partial charge in [-0.05, 0) is 42.3 Å². The Bertz CT molecular complexity index is 1240. The zero-order valence-electron chi connectivity index (χ0n) is 16.7. The van der Waals surface area contributed by atoms with Gasteiger partial charge in [-0.2, -0.15) is 0 Å². The number of hydrogen-bond acceptors (Lipinski definition) is 5. The maximum atomic E-state index is 12.9. The summed E-state index contributed by atoms with van der Waals surface area (Å²) in [6.07, 6.45) is 6.52. The van der Waals surface area contributed by atoms with Crippen LogP contribution in [0.15, 0.2) is 47.3 Å². The van der Waals surface area contributed by atoms with Crippen LogP contribution in [-0.4, -0.2) is 23.1 Å². The summed E-state index contributed by atoms with van der Waals surface area (Å²) >= 11 is 1.40. The van der Waals surface area contributed by atoms with Crippen LogP contribution in [-0.2, 0) is 0 Å². The van der Waals surface area contributed by atoms with E-state index in [0.717, 1.165) is 28.8 Å². The molecule has 0 amide bonds. The summed E-state index contributed by atoms with van der Waals surface area (Å²) in [4.78, 5) is 18.2. The van der Waals surface area contributed by atoms with Crippen molar-refractivity contribution in [2.45, 2.75) is 32.6 Å². The van der Waals surface area contributed by atoms with E-state index >= 15 is 0 Å². The van der Waals surface area contributed by atoms with Crippen LogP contribution in [0.5, 0.6) is 11.5 Å². The number of rotatable bonds is 8. The maximum absolute atomic E-state index is 12.9. The lowest BCUT2D eigenvalue weighted by molar-refractivity contribution is 0.285. The molecule has 0 fully saturated rings. The number of thiazole rings is 1. The summed E-state index contributed by atoms with van der Waals surface area (Å²) in [5.41, 5.74) is 2.53. The molecule has 29 heavy (non-hydrogen) atoms. The van der Waals surface area contributed by atoms with E-state index in [1.807, 2.05) is 48.5 Å². The molecule has 0 aliphatic heterocycles. The van der Waals surface area contributed by atoms with E-state index in [9.17, 15) is 4.79 Å². The van der Waals surface area contributed by atoms with E-state index in [1.165, 1.54) is 30.6 Å². The maximum Gasteiger partial charge on any atom is 0.274 e. The second-order valence-electron chi connectivity index (χ2n) is 6.95. The van der Waals surface area contributed by atoms with E-state index < -0.39 is 0 Å². The van der Waals surface area contributed by atoms with Crippen LogP contribution < -0.4 is 19.6 Å². The average molecular weight is 409 g/mol. The molecule has 150 valence electrons. The molecule has 0 aliphatic carbocycles. The molecule has 5 nitrogen and oxygen atoms in total. The summed E-state index contributed by atoms with van der Waals surface area (Å²) in [6, 6.07) is 13.4. The summed E-state index contributed by atoms with van der Waals surface area (Å²) in [7, 11) is 1.63. The van der Waals surface area contributed by atoms with Crippen molar-refractivity contribution in [2.75, 3.05) is 13.7 Å². The molecule has 6 heteroatoms. The molecule has 4 aromatic rings. The number of ether oxygens (including phenoxy) is 2. The molecule has 0 N–H and O–H groups in total. The predicted octanol–water partition coefficient (Wildman–Crippen LogP) is 4.42. The van der Waals surface area contributed by atoms with Crippen molar-refractivity contribution in [1.29, 1.82) is 0 Å². The van der Waals surface area contributed by atoms with Gasteiger partial charge in [0.25, 0.3) is 5.56 Å². The van der Waals surface area contributed by atoms with Crippen LogP contribution in [0.1, 0.15) is 38.2 Å². The highest BCUT2D eigenvalue weighted by molar-refractivity contribution is 7.15. The first-order chi connectivity index (χ1) is 14.2. The van der Waals surface area contributed by atoms with Crippen molar-refractivity contribution < 1.29 is 9.47 Å². The van der Waals surface area contributed by atoms with Gasteiger partial charge in [-0.1, -0.05) is 55.7 Å². The van der Waals surface area contributed by atoms with Crippen LogP contribution in [0.4, 0.5) is 0 Å². The highest BCUT2D eigenvalue weighted by Crippen LogP contribution is 2.28. The number of unbranched alkanes of at least 4 members (excludes halogenated alkanes) is 3. The lowest BCUT2D eigenvalue weighted by atomic mass is 10.2. The van der Waals surface area contributed by atoms with Crippen molar-refractivity contribution >= 4 is 33.4 Å². The normalized spacial score (nSPS) is 12.1. The molecule has 0 spiro atoms. The summed E-state index contributed by atoms with van der Waals surface area (Å²) in [5.74, 6) is 1.41. The Morgan fingerprint density at radius 2 is 1.97 bits per heavy atom. The standard InChI is InChI=1S/C23H24N2O3S/c1-3-4-5-8-13-28-19-12-11-16(14-20(19)27-2)15-21-22(26)25-18-10-7-6-9-17(18)24-23(25)29-21/h6-7,9-12,14-15H,3-5,8,13H2,1-2H3/b21-15-. The number of para-hydroxylation sites is 2. The smallest absolute Gasteiger partial charge is 0.274 e. The Morgan fingerprint density at radius 3 is 2.79 bits per heavy atom. The minimum Gasteiger partial charge on any atom is -0.493 e. The topological polar surface area (TPSA) is 52.8 Å². The van der Waals surface area contributed by atoms with E-state index in [-0.39, 0.29) is 5.56 Å². The first-order valence-corrected chi connectivity index (χ1v) is 10.8. The second-order valence-corrected chi connectivity index (χ2v) is 7.96. The summed E-state index contributed by atoms with van der Waals surface area (Å²) in [5, 5.41) is 0. The van der Waals surface area contributed by atoms with Crippen LogP contribution in [0.3, 0.4) is 0 Å². The van der Waals surface area contributed by atoms with E-state index in [4.69, 9.17) is 9.47 Å². The number of methoxy groups -OCH3 is 1. The van der Waals surface area contributed by atoms with Crippen molar-refractivity contribution in [3.63, 3.8) is 0 Å². The van der Waals surface area contributed by atoms with Crippen molar-refractivity contribution in [3.8, 4) is 11.5 Å². The zero-order chi connectivity index (χ0) is 20.2. The molecule has 0 atom stereocenters. The summed E-state index contributed by atoms with van der Waals surface area (Å²) < 4.78 is 13.7. The first kappa shape index (κ1) is 19.5. The SMILES string of the molecule is CCCCCCOc1ccc(/C=c2\sc3nc4ccccc4n3c2=O)cc1OC. The van der Waals surface area contributed by atoms with Crippen LogP contribution in [0.2, 0.25) is 0 Å². The molecule has 4 rings (SSSR count). The van der Waals surface area contributed by atoms with Crippen molar-refractivity contribution in [1.82, 2.24) is 9.38 Å². The first-order valence-electron chi connectivity index (χ1n) is 9.94. The number of imidazole rings is 1. The minimum absolute atomic E-state index is 0.0473. The van der Waals surface area contributed by atoms with Gasteiger partial charge in [0.2, 0.25) is 0 Å². The number of fused-ring (bicyclic) bond motifs is 3. The molecule has 2 aromatic carbocycles. The van der Waals surface area contributed by atoms with Gasteiger partial charge >= 0.3 is 0 Å². The van der Waals surface area contributed by atoms with E-state index in [2.05, 4.69) is 11.9 Å². The molecule has 0 saturated carbocycles. The molecule has 0 aliphatic rings. The van der Waals surface area contributed by atoms with Crippen LogP contribution in [0, 0.1) is 0 Å². The van der Waals surface area contributed by atoms with Gasteiger partial charge in [0.05, 0.1) is 29.3 Å². The van der Waals surface area contributed by atoms with Gasteiger partial charge < -0.3 is 9.47 Å². The van der Waals surface area contributed by atoms with Gasteiger partial charge in [0.15, 0.2) is 16.5 Å². The third kappa shape index (κ3) is 3.98. The Balaban J connectivity index is 1.62. The fourth-order valence-electron chi connectivity index (χ4n) is 3.37. The highest BCUT2D eigenvalue weighted by Gasteiger charge is 2.11. The van der Waals surface area contributed by atoms with Crippen molar-refractivity contribution in [3.05, 3.63) is 62.9 Å². The number of nitrogens with zero attached hydrogens (tertiary/aromatic N) is 2. The number of hydrogen-bond donors (Lipinski definition) is 0. The molecular formula is C23H24N2O3S. The minimum atomic E-state index is -0.0473. The molecule has 0 radical (unpaired) electrons. The van der Waals surface area contributed by atoms with Crippen molar-refractivity contribution in [2.24, 2.45) is 0 Å². The molecule has 0 bridgehead atoms. The van der Waals surface area contributed by atoms with Crippen LogP contribution in [0.25, 0.3) is 22.1 Å². The largest absolute Gasteiger partial charge is 0.493 e. The monoisotopic (exact) mass is 408 g/mol. The zero-order valence-corrected chi connectivity index (χ0v) is 17.5. The Kier molecular flexibility index (Phi) is 5.81. The lowest BCUT2D eigenvalue weighted by Crippen LogP contribution is -2.22. The average Bonchev–Trinajstić information content (AvgIpc) is 3.25. The summed E-state index contributed by atoms with van der Waals surface area (Å²) in [6.45, 7) is 2.87. The molecule has 0 unspecified atom stereocenters. The second kappa shape index (κ2) is 8.66. The number of aromatic nitrogens is 2. The molecule has 2 heterocycles. The molecular weight excluding hydrogens is 384 g/mol. The Labute approximate surface area is 173 Å². The van der Waals surface area contributed by atoms with Gasteiger partial charge in [-0.3, -0.25) is 4.79 Å². The Hall–Kier alpha value is -2.86. The third-order valence-electron chi connectivity index (χ3n) is 4.89. The van der Waals surface area contributed by atoms with Gasteiger partial charge in [0, 0.05) is 0 Å². The van der Waals surface area contributed by atoms with Gasteiger partial charge in [-0.25, -0.2) is 9.38 Å². The lowest BCUT2D eigenvalue weighted by Gasteiger charge is -2.11. The quantitative estimate of drug-likeness (QED) is 0.405. The van der Waals surface area contributed by atoms with Gasteiger partial charge in [0.1, 0.15) is 0 Å².